The second kappa shape index (κ2) is 5.74. The molecule has 1 unspecified atom stereocenters. The van der Waals surface area contributed by atoms with E-state index in [2.05, 4.69) is 52.7 Å². The highest BCUT2D eigenvalue weighted by Gasteiger charge is 2.13. The number of rotatable bonds is 4. The maximum Gasteiger partial charge on any atom is 0.0824 e. The minimum atomic E-state index is 0.295. The van der Waals surface area contributed by atoms with Gasteiger partial charge in [0, 0.05) is 50.3 Å². The number of ether oxygens (including phenoxy) is 1. The van der Waals surface area contributed by atoms with Gasteiger partial charge in [-0.15, -0.1) is 0 Å². The molecule has 0 aliphatic carbocycles. The van der Waals surface area contributed by atoms with Gasteiger partial charge in [-0.3, -0.25) is 0 Å². The Morgan fingerprint density at radius 1 is 1.42 bits per heavy atom. The van der Waals surface area contributed by atoms with Crippen LogP contribution in [0.2, 0.25) is 0 Å². The van der Waals surface area contributed by atoms with E-state index in [-0.39, 0.29) is 0 Å². The molecule has 2 N–H and O–H groups in total. The third-order valence-electron chi connectivity index (χ3n) is 3.67. The van der Waals surface area contributed by atoms with Gasteiger partial charge in [-0.05, 0) is 11.6 Å². The van der Waals surface area contributed by atoms with Gasteiger partial charge >= 0.3 is 0 Å². The smallest absolute Gasteiger partial charge is 0.0824 e. The third-order valence-corrected chi connectivity index (χ3v) is 3.67. The number of morpholine rings is 1. The standard InChI is InChI=1S/C15H21N3O/c1-18-11-12(14-4-2-3-5-15(14)18)8-17-10-13-9-16-6-7-19-13/h2-5,11,13,16-17H,6-10H2,1H3. The lowest BCUT2D eigenvalue weighted by atomic mass is 10.2. The van der Waals surface area contributed by atoms with Gasteiger partial charge in [0.15, 0.2) is 0 Å². The van der Waals surface area contributed by atoms with E-state index in [1.54, 1.807) is 0 Å². The molecule has 1 atom stereocenters. The topological polar surface area (TPSA) is 38.2 Å². The van der Waals surface area contributed by atoms with Gasteiger partial charge in [0.1, 0.15) is 0 Å². The third kappa shape index (κ3) is 2.81. The molecule has 0 amide bonds. The molecule has 4 heteroatoms. The van der Waals surface area contributed by atoms with Crippen molar-refractivity contribution in [1.82, 2.24) is 15.2 Å². The number of fused-ring (bicyclic) bond motifs is 1. The molecule has 2 heterocycles. The Hall–Kier alpha value is -1.36. The van der Waals surface area contributed by atoms with E-state index in [0.29, 0.717) is 6.10 Å². The van der Waals surface area contributed by atoms with Crippen molar-refractivity contribution >= 4 is 10.9 Å². The zero-order valence-corrected chi connectivity index (χ0v) is 11.4. The van der Waals surface area contributed by atoms with Gasteiger partial charge < -0.3 is 19.9 Å². The van der Waals surface area contributed by atoms with Crippen molar-refractivity contribution in [1.29, 1.82) is 0 Å². The van der Waals surface area contributed by atoms with Crippen LogP contribution in [-0.4, -0.2) is 36.9 Å². The lowest BCUT2D eigenvalue weighted by Gasteiger charge is -2.23. The Kier molecular flexibility index (Phi) is 3.82. The van der Waals surface area contributed by atoms with Crippen LogP contribution < -0.4 is 10.6 Å². The van der Waals surface area contributed by atoms with Crippen molar-refractivity contribution < 1.29 is 4.74 Å². The van der Waals surface area contributed by atoms with Crippen LogP contribution in [0, 0.1) is 0 Å². The summed E-state index contributed by atoms with van der Waals surface area (Å²) in [4.78, 5) is 0. The minimum absolute atomic E-state index is 0.295. The van der Waals surface area contributed by atoms with Gasteiger partial charge in [0.05, 0.1) is 12.7 Å². The lowest BCUT2D eigenvalue weighted by molar-refractivity contribution is 0.0291. The number of para-hydroxylation sites is 1. The summed E-state index contributed by atoms with van der Waals surface area (Å²) in [7, 11) is 2.10. The largest absolute Gasteiger partial charge is 0.374 e. The zero-order valence-electron chi connectivity index (χ0n) is 11.4. The fraction of sp³-hybridized carbons (Fsp3) is 0.467. The molecule has 1 aromatic carbocycles. The van der Waals surface area contributed by atoms with E-state index in [9.17, 15) is 0 Å². The Bertz CT molecular complexity index is 543. The summed E-state index contributed by atoms with van der Waals surface area (Å²) in [5.74, 6) is 0. The molecule has 1 saturated heterocycles. The summed E-state index contributed by atoms with van der Waals surface area (Å²) in [6.07, 6.45) is 2.50. The molecule has 0 saturated carbocycles. The Morgan fingerprint density at radius 3 is 3.16 bits per heavy atom. The van der Waals surface area contributed by atoms with Crippen LogP contribution in [0.4, 0.5) is 0 Å². The Labute approximate surface area is 113 Å². The normalized spacial score (nSPS) is 19.9. The Balaban J connectivity index is 1.62. The molecular weight excluding hydrogens is 238 g/mol. The number of hydrogen-bond donors (Lipinski definition) is 2. The Morgan fingerprint density at radius 2 is 2.32 bits per heavy atom. The molecule has 0 bridgehead atoms. The van der Waals surface area contributed by atoms with Crippen LogP contribution in [-0.2, 0) is 18.3 Å². The highest BCUT2D eigenvalue weighted by Crippen LogP contribution is 2.19. The van der Waals surface area contributed by atoms with E-state index in [4.69, 9.17) is 4.74 Å². The predicted molar refractivity (Wildman–Crippen MR) is 77.2 cm³/mol. The molecule has 0 spiro atoms. The van der Waals surface area contributed by atoms with E-state index in [0.717, 1.165) is 32.8 Å². The second-order valence-corrected chi connectivity index (χ2v) is 5.11. The van der Waals surface area contributed by atoms with Crippen LogP contribution in [0.25, 0.3) is 10.9 Å². The first-order chi connectivity index (χ1) is 9.34. The van der Waals surface area contributed by atoms with E-state index >= 15 is 0 Å². The van der Waals surface area contributed by atoms with Crippen LogP contribution in [0.5, 0.6) is 0 Å². The van der Waals surface area contributed by atoms with Crippen molar-refractivity contribution in [3.05, 3.63) is 36.0 Å². The van der Waals surface area contributed by atoms with Crippen molar-refractivity contribution in [3.63, 3.8) is 0 Å². The second-order valence-electron chi connectivity index (χ2n) is 5.11. The van der Waals surface area contributed by atoms with Crippen LogP contribution >= 0.6 is 0 Å². The van der Waals surface area contributed by atoms with Gasteiger partial charge in [-0.2, -0.15) is 0 Å². The van der Waals surface area contributed by atoms with Gasteiger partial charge in [0.25, 0.3) is 0 Å². The number of hydrogen-bond acceptors (Lipinski definition) is 3. The number of nitrogens with one attached hydrogen (secondary N) is 2. The maximum atomic E-state index is 5.68. The van der Waals surface area contributed by atoms with E-state index in [1.807, 2.05) is 0 Å². The SMILES string of the molecule is Cn1cc(CNCC2CNCCO2)c2ccccc21. The average Bonchev–Trinajstić information content (AvgIpc) is 2.78. The van der Waals surface area contributed by atoms with Gasteiger partial charge in [-0.25, -0.2) is 0 Å². The minimum Gasteiger partial charge on any atom is -0.374 e. The molecule has 102 valence electrons. The number of nitrogens with zero attached hydrogens (tertiary/aromatic N) is 1. The summed E-state index contributed by atoms with van der Waals surface area (Å²) in [6, 6.07) is 8.53. The van der Waals surface area contributed by atoms with E-state index in [1.165, 1.54) is 16.5 Å². The van der Waals surface area contributed by atoms with Gasteiger partial charge in [-0.1, -0.05) is 18.2 Å². The molecular formula is C15H21N3O. The zero-order chi connectivity index (χ0) is 13.1. The summed E-state index contributed by atoms with van der Waals surface area (Å²) < 4.78 is 7.86. The van der Waals surface area contributed by atoms with Crippen molar-refractivity contribution in [3.8, 4) is 0 Å². The van der Waals surface area contributed by atoms with Crippen molar-refractivity contribution in [2.45, 2.75) is 12.6 Å². The first-order valence-electron chi connectivity index (χ1n) is 6.90. The molecule has 0 radical (unpaired) electrons. The molecule has 1 fully saturated rings. The van der Waals surface area contributed by atoms with E-state index < -0.39 is 0 Å². The maximum absolute atomic E-state index is 5.68. The predicted octanol–water partition coefficient (Wildman–Crippen LogP) is 1.26. The monoisotopic (exact) mass is 259 g/mol. The fourth-order valence-electron chi connectivity index (χ4n) is 2.69. The molecule has 1 aromatic heterocycles. The van der Waals surface area contributed by atoms with Crippen molar-refractivity contribution in [2.75, 3.05) is 26.2 Å². The highest BCUT2D eigenvalue weighted by molar-refractivity contribution is 5.83. The summed E-state index contributed by atoms with van der Waals surface area (Å²) in [6.45, 7) is 4.53. The molecule has 1 aliphatic heterocycles. The summed E-state index contributed by atoms with van der Waals surface area (Å²) in [5.41, 5.74) is 2.64. The molecule has 19 heavy (non-hydrogen) atoms. The quantitative estimate of drug-likeness (QED) is 0.868. The molecule has 1 aliphatic rings. The highest BCUT2D eigenvalue weighted by atomic mass is 16.5. The van der Waals surface area contributed by atoms with Crippen LogP contribution in [0.1, 0.15) is 5.56 Å². The van der Waals surface area contributed by atoms with Crippen LogP contribution in [0.3, 0.4) is 0 Å². The number of aromatic nitrogens is 1. The lowest BCUT2D eigenvalue weighted by Crippen LogP contribution is -2.43. The average molecular weight is 259 g/mol. The number of aryl methyl sites for hydroxylation is 1. The van der Waals surface area contributed by atoms with Crippen molar-refractivity contribution in [2.24, 2.45) is 7.05 Å². The van der Waals surface area contributed by atoms with Gasteiger partial charge in [0.2, 0.25) is 0 Å². The molecule has 3 rings (SSSR count). The first-order valence-corrected chi connectivity index (χ1v) is 6.90. The summed E-state index contributed by atoms with van der Waals surface area (Å²) >= 11 is 0. The molecule has 2 aromatic rings. The summed E-state index contributed by atoms with van der Waals surface area (Å²) in [5, 5.41) is 8.18. The molecule has 4 nitrogen and oxygen atoms in total. The number of benzene rings is 1. The van der Waals surface area contributed by atoms with Crippen LogP contribution in [0.15, 0.2) is 30.5 Å². The first kappa shape index (κ1) is 12.7. The fourth-order valence-corrected chi connectivity index (χ4v) is 2.69.